The fraction of sp³-hybridized carbons (Fsp3) is 0.241. The van der Waals surface area contributed by atoms with Gasteiger partial charge in [0.05, 0.1) is 11.9 Å². The molecule has 1 unspecified atom stereocenters. The molecule has 0 saturated carbocycles. The van der Waals surface area contributed by atoms with Crippen LogP contribution in [0.3, 0.4) is 0 Å². The highest BCUT2D eigenvalue weighted by molar-refractivity contribution is 5.96. The lowest BCUT2D eigenvalue weighted by molar-refractivity contribution is -0.127. The van der Waals surface area contributed by atoms with Crippen LogP contribution in [0.25, 0.3) is 22.6 Å². The van der Waals surface area contributed by atoms with Crippen LogP contribution in [0.5, 0.6) is 0 Å². The maximum absolute atomic E-state index is 13.1. The SMILES string of the molecule is Cc1cnn2c(NCc3cccnc3)cc(C3CCCN(C(=O)/C=C/c4c[nH]c5ccccc45)C3)nc12. The van der Waals surface area contributed by atoms with Gasteiger partial charge in [0.2, 0.25) is 5.91 Å². The van der Waals surface area contributed by atoms with Gasteiger partial charge in [-0.1, -0.05) is 24.3 Å². The Labute approximate surface area is 215 Å². The van der Waals surface area contributed by atoms with E-state index in [2.05, 4.69) is 32.5 Å². The van der Waals surface area contributed by atoms with E-state index in [0.717, 1.165) is 64.1 Å². The molecule has 5 aromatic rings. The number of fused-ring (bicyclic) bond motifs is 2. The van der Waals surface area contributed by atoms with Gasteiger partial charge >= 0.3 is 0 Å². The van der Waals surface area contributed by atoms with Gasteiger partial charge in [-0.25, -0.2) is 4.98 Å². The van der Waals surface area contributed by atoms with Crippen LogP contribution >= 0.6 is 0 Å². The number of aromatic amines is 1. The minimum Gasteiger partial charge on any atom is -0.366 e. The molecule has 8 heteroatoms. The van der Waals surface area contributed by atoms with Crippen LogP contribution < -0.4 is 5.32 Å². The van der Waals surface area contributed by atoms with Gasteiger partial charge < -0.3 is 15.2 Å². The second-order valence-electron chi connectivity index (χ2n) is 9.59. The average molecular weight is 492 g/mol. The number of H-pyrrole nitrogens is 1. The van der Waals surface area contributed by atoms with Crippen molar-refractivity contribution in [3.8, 4) is 0 Å². The average Bonchev–Trinajstić information content (AvgIpc) is 3.54. The summed E-state index contributed by atoms with van der Waals surface area (Å²) in [5.74, 6) is 1.09. The van der Waals surface area contributed by atoms with Crippen LogP contribution in [0.1, 0.15) is 41.1 Å². The zero-order chi connectivity index (χ0) is 25.2. The highest BCUT2D eigenvalue weighted by Crippen LogP contribution is 2.29. The number of benzene rings is 1. The number of rotatable bonds is 6. The predicted octanol–water partition coefficient (Wildman–Crippen LogP) is 4.95. The summed E-state index contributed by atoms with van der Waals surface area (Å²) >= 11 is 0. The first-order valence-corrected chi connectivity index (χ1v) is 12.7. The number of aromatic nitrogens is 5. The number of piperidine rings is 1. The lowest BCUT2D eigenvalue weighted by Gasteiger charge is -2.32. The number of nitrogens with zero attached hydrogens (tertiary/aromatic N) is 5. The van der Waals surface area contributed by atoms with Crippen LogP contribution in [0.15, 0.2) is 73.3 Å². The largest absolute Gasteiger partial charge is 0.366 e. The zero-order valence-electron chi connectivity index (χ0n) is 20.8. The third-order valence-electron chi connectivity index (χ3n) is 7.04. The van der Waals surface area contributed by atoms with Crippen LogP contribution in [0.2, 0.25) is 0 Å². The summed E-state index contributed by atoms with van der Waals surface area (Å²) in [6.45, 7) is 4.07. The van der Waals surface area contributed by atoms with Crippen molar-refractivity contribution in [3.63, 3.8) is 0 Å². The van der Waals surface area contributed by atoms with Crippen molar-refractivity contribution in [2.24, 2.45) is 0 Å². The molecule has 5 heterocycles. The molecule has 186 valence electrons. The summed E-state index contributed by atoms with van der Waals surface area (Å²) in [4.78, 5) is 27.5. The number of anilines is 1. The molecule has 4 aromatic heterocycles. The molecule has 1 fully saturated rings. The third kappa shape index (κ3) is 4.70. The second-order valence-corrected chi connectivity index (χ2v) is 9.59. The number of amides is 1. The maximum Gasteiger partial charge on any atom is 0.246 e. The molecule has 1 aliphatic heterocycles. The summed E-state index contributed by atoms with van der Waals surface area (Å²) in [5, 5.41) is 9.15. The highest BCUT2D eigenvalue weighted by Gasteiger charge is 2.26. The molecule has 1 amide bonds. The Morgan fingerprint density at radius 2 is 2.14 bits per heavy atom. The molecule has 2 N–H and O–H groups in total. The van der Waals surface area contributed by atoms with Gasteiger partial charge in [-0.05, 0) is 49.1 Å². The number of aryl methyl sites for hydroxylation is 1. The van der Waals surface area contributed by atoms with Gasteiger partial charge in [0, 0.05) is 72.8 Å². The number of para-hydroxylation sites is 1. The summed E-state index contributed by atoms with van der Waals surface area (Å²) in [6, 6.07) is 14.2. The minimum absolute atomic E-state index is 0.0338. The maximum atomic E-state index is 13.1. The van der Waals surface area contributed by atoms with Crippen molar-refractivity contribution in [2.75, 3.05) is 18.4 Å². The molecule has 37 heavy (non-hydrogen) atoms. The van der Waals surface area contributed by atoms with Crippen molar-refractivity contribution in [1.29, 1.82) is 0 Å². The van der Waals surface area contributed by atoms with Crippen molar-refractivity contribution in [3.05, 3.63) is 95.7 Å². The second kappa shape index (κ2) is 9.89. The summed E-state index contributed by atoms with van der Waals surface area (Å²) in [5.41, 5.74) is 6.03. The number of nitrogens with one attached hydrogen (secondary N) is 2. The topological polar surface area (TPSA) is 91.2 Å². The molecular formula is C29H29N7O. The molecule has 6 rings (SSSR count). The number of hydrogen-bond donors (Lipinski definition) is 2. The Hall–Kier alpha value is -4.46. The van der Waals surface area contributed by atoms with E-state index in [-0.39, 0.29) is 11.8 Å². The number of carbonyl (C=O) groups excluding carboxylic acids is 1. The molecule has 1 aliphatic rings. The Morgan fingerprint density at radius 1 is 1.22 bits per heavy atom. The van der Waals surface area contributed by atoms with Crippen molar-refractivity contribution >= 4 is 34.4 Å². The van der Waals surface area contributed by atoms with E-state index in [1.165, 1.54) is 0 Å². The van der Waals surface area contributed by atoms with Crippen molar-refractivity contribution in [2.45, 2.75) is 32.2 Å². The third-order valence-corrected chi connectivity index (χ3v) is 7.04. The molecular weight excluding hydrogens is 462 g/mol. The Morgan fingerprint density at radius 3 is 3.03 bits per heavy atom. The van der Waals surface area contributed by atoms with Gasteiger partial charge in [0.1, 0.15) is 5.82 Å². The lowest BCUT2D eigenvalue weighted by Crippen LogP contribution is -2.38. The molecule has 1 aromatic carbocycles. The summed E-state index contributed by atoms with van der Waals surface area (Å²) < 4.78 is 1.85. The molecule has 0 spiro atoms. The van der Waals surface area contributed by atoms with Crippen molar-refractivity contribution < 1.29 is 4.79 Å². The van der Waals surface area contributed by atoms with Gasteiger partial charge in [-0.15, -0.1) is 0 Å². The van der Waals surface area contributed by atoms with E-state index in [0.29, 0.717) is 13.1 Å². The van der Waals surface area contributed by atoms with E-state index in [4.69, 9.17) is 4.98 Å². The number of pyridine rings is 1. The van der Waals surface area contributed by atoms with E-state index >= 15 is 0 Å². The van der Waals surface area contributed by atoms with Gasteiger partial charge in [-0.2, -0.15) is 9.61 Å². The normalized spacial score (nSPS) is 16.1. The Balaban J connectivity index is 1.21. The van der Waals surface area contributed by atoms with E-state index in [1.807, 2.05) is 71.3 Å². The first kappa shape index (κ1) is 23.0. The number of carbonyl (C=O) groups is 1. The fourth-order valence-corrected chi connectivity index (χ4v) is 5.04. The zero-order valence-corrected chi connectivity index (χ0v) is 20.8. The minimum atomic E-state index is 0.0338. The molecule has 0 bridgehead atoms. The summed E-state index contributed by atoms with van der Waals surface area (Å²) in [7, 11) is 0. The fourth-order valence-electron chi connectivity index (χ4n) is 5.04. The summed E-state index contributed by atoms with van der Waals surface area (Å²) in [6.07, 6.45) is 13.0. The van der Waals surface area contributed by atoms with Crippen LogP contribution in [0.4, 0.5) is 5.82 Å². The standard InChI is InChI=1S/C29H29N7O/c1-20-15-33-36-27(32-17-21-6-4-12-30-16-21)14-26(34-29(20)36)23-7-5-13-35(19-23)28(37)11-10-22-18-31-25-9-3-2-8-24(22)25/h2-4,6,8-12,14-16,18,23,31-32H,5,7,13,17,19H2,1H3/b11-10+. The lowest BCUT2D eigenvalue weighted by atomic mass is 9.94. The van der Waals surface area contributed by atoms with Crippen molar-refractivity contribution in [1.82, 2.24) is 29.5 Å². The quantitative estimate of drug-likeness (QED) is 0.328. The van der Waals surface area contributed by atoms with Crippen LogP contribution in [-0.4, -0.2) is 48.5 Å². The monoisotopic (exact) mass is 491 g/mol. The molecule has 8 nitrogen and oxygen atoms in total. The van der Waals surface area contributed by atoms with Crippen LogP contribution in [0, 0.1) is 6.92 Å². The first-order valence-electron chi connectivity index (χ1n) is 12.7. The van der Waals surface area contributed by atoms with E-state index in [9.17, 15) is 4.79 Å². The first-order chi connectivity index (χ1) is 18.2. The molecule has 1 saturated heterocycles. The predicted molar refractivity (Wildman–Crippen MR) is 145 cm³/mol. The molecule has 0 aliphatic carbocycles. The Kier molecular flexibility index (Phi) is 6.14. The smallest absolute Gasteiger partial charge is 0.246 e. The van der Waals surface area contributed by atoms with Gasteiger partial charge in [0.15, 0.2) is 5.65 Å². The highest BCUT2D eigenvalue weighted by atomic mass is 16.2. The van der Waals surface area contributed by atoms with E-state index in [1.54, 1.807) is 12.3 Å². The van der Waals surface area contributed by atoms with Gasteiger partial charge in [0.25, 0.3) is 0 Å². The molecule has 0 radical (unpaired) electrons. The van der Waals surface area contributed by atoms with E-state index < -0.39 is 0 Å². The van der Waals surface area contributed by atoms with Gasteiger partial charge in [-0.3, -0.25) is 9.78 Å². The van der Waals surface area contributed by atoms with Crippen LogP contribution in [-0.2, 0) is 11.3 Å². The number of likely N-dealkylation sites (tertiary alicyclic amines) is 1. The molecule has 1 atom stereocenters. The Bertz CT molecular complexity index is 1580. The number of hydrogen-bond acceptors (Lipinski definition) is 5.